The highest BCUT2D eigenvalue weighted by Crippen LogP contribution is 2.40. The molecular weight excluding hydrogens is 408 g/mol. The van der Waals surface area contributed by atoms with Gasteiger partial charge in [-0.2, -0.15) is 0 Å². The van der Waals surface area contributed by atoms with Gasteiger partial charge in [0.2, 0.25) is 5.91 Å². The van der Waals surface area contributed by atoms with Crippen molar-refractivity contribution < 1.29 is 23.8 Å². The van der Waals surface area contributed by atoms with Crippen molar-refractivity contribution >= 4 is 11.8 Å². The van der Waals surface area contributed by atoms with E-state index in [1.54, 1.807) is 50.5 Å². The van der Waals surface area contributed by atoms with E-state index < -0.39 is 0 Å². The van der Waals surface area contributed by atoms with Crippen molar-refractivity contribution in [1.29, 1.82) is 0 Å². The predicted molar refractivity (Wildman–Crippen MR) is 120 cm³/mol. The third-order valence-electron chi connectivity index (χ3n) is 6.36. The normalized spacial score (nSPS) is 20.0. The zero-order chi connectivity index (χ0) is 22.7. The maximum atomic E-state index is 13.3. The van der Waals surface area contributed by atoms with Crippen molar-refractivity contribution in [3.63, 3.8) is 0 Å². The van der Waals surface area contributed by atoms with Gasteiger partial charge in [0, 0.05) is 42.7 Å². The fourth-order valence-electron chi connectivity index (χ4n) is 4.31. The van der Waals surface area contributed by atoms with Crippen LogP contribution in [0.4, 0.5) is 0 Å². The molecule has 4 rings (SSSR count). The molecule has 2 amide bonds. The second kappa shape index (κ2) is 9.51. The molecule has 2 aromatic rings. The lowest BCUT2D eigenvalue weighted by Crippen LogP contribution is -2.36. The van der Waals surface area contributed by atoms with Gasteiger partial charge in [-0.3, -0.25) is 9.59 Å². The monoisotopic (exact) mass is 438 g/mol. The third-order valence-corrected chi connectivity index (χ3v) is 6.36. The maximum absolute atomic E-state index is 13.3. The zero-order valence-corrected chi connectivity index (χ0v) is 18.8. The van der Waals surface area contributed by atoms with Gasteiger partial charge in [0.05, 0.1) is 27.2 Å². The second-order valence-corrected chi connectivity index (χ2v) is 8.45. The SMILES string of the molecule is COc1cccc(C(=O)N2CC(C(=O)NCC3CC3)C(c3ccc(OC)cc3OC)C2)c1. The summed E-state index contributed by atoms with van der Waals surface area (Å²) in [5, 5.41) is 3.10. The lowest BCUT2D eigenvalue weighted by Gasteiger charge is -2.21. The van der Waals surface area contributed by atoms with Crippen molar-refractivity contribution in [2.75, 3.05) is 41.0 Å². The van der Waals surface area contributed by atoms with Crippen molar-refractivity contribution in [3.8, 4) is 17.2 Å². The molecule has 2 unspecified atom stereocenters. The van der Waals surface area contributed by atoms with Gasteiger partial charge in [0.15, 0.2) is 0 Å². The minimum Gasteiger partial charge on any atom is -0.497 e. The number of rotatable bonds is 8. The highest BCUT2D eigenvalue weighted by molar-refractivity contribution is 5.95. The molecule has 1 saturated heterocycles. The topological polar surface area (TPSA) is 77.1 Å². The first-order valence-electron chi connectivity index (χ1n) is 11.0. The zero-order valence-electron chi connectivity index (χ0n) is 18.8. The molecule has 7 heteroatoms. The number of ether oxygens (including phenoxy) is 3. The van der Waals surface area contributed by atoms with E-state index in [2.05, 4.69) is 5.32 Å². The number of hydrogen-bond acceptors (Lipinski definition) is 5. The number of likely N-dealkylation sites (tertiary alicyclic amines) is 1. The Morgan fingerprint density at radius 3 is 2.41 bits per heavy atom. The molecule has 0 spiro atoms. The molecule has 1 heterocycles. The molecule has 32 heavy (non-hydrogen) atoms. The predicted octanol–water partition coefficient (Wildman–Crippen LogP) is 3.09. The largest absolute Gasteiger partial charge is 0.497 e. The first kappa shape index (κ1) is 22.0. The molecule has 1 aliphatic heterocycles. The van der Waals surface area contributed by atoms with Crippen LogP contribution < -0.4 is 19.5 Å². The highest BCUT2D eigenvalue weighted by Gasteiger charge is 2.42. The molecule has 1 saturated carbocycles. The van der Waals surface area contributed by atoms with Crippen LogP contribution in [-0.2, 0) is 4.79 Å². The van der Waals surface area contributed by atoms with E-state index in [0.717, 1.165) is 5.56 Å². The molecule has 2 atom stereocenters. The minimum absolute atomic E-state index is 0.0132. The number of amides is 2. The summed E-state index contributed by atoms with van der Waals surface area (Å²) < 4.78 is 16.2. The summed E-state index contributed by atoms with van der Waals surface area (Å²) >= 11 is 0. The number of methoxy groups -OCH3 is 3. The molecule has 2 aromatic carbocycles. The standard InChI is InChI=1S/C25H30N2O5/c1-30-18-6-4-5-17(11-18)25(29)27-14-21(20-10-9-19(31-2)12-23(20)32-3)22(15-27)24(28)26-13-16-7-8-16/h4-6,9-12,16,21-22H,7-8,13-15H2,1-3H3,(H,26,28). The van der Waals surface area contributed by atoms with Crippen LogP contribution in [0.5, 0.6) is 17.2 Å². The Kier molecular flexibility index (Phi) is 6.53. The minimum atomic E-state index is -0.356. The first-order valence-corrected chi connectivity index (χ1v) is 11.0. The Hall–Kier alpha value is -3.22. The van der Waals surface area contributed by atoms with Crippen LogP contribution in [0.25, 0.3) is 0 Å². The molecule has 1 aliphatic carbocycles. The lowest BCUT2D eigenvalue weighted by atomic mass is 9.87. The van der Waals surface area contributed by atoms with Gasteiger partial charge in [0.1, 0.15) is 17.2 Å². The van der Waals surface area contributed by atoms with E-state index in [1.807, 2.05) is 18.2 Å². The maximum Gasteiger partial charge on any atom is 0.254 e. The summed E-state index contributed by atoms with van der Waals surface area (Å²) in [6.07, 6.45) is 2.34. The van der Waals surface area contributed by atoms with E-state index in [1.165, 1.54) is 12.8 Å². The number of carbonyl (C=O) groups is 2. The van der Waals surface area contributed by atoms with Gasteiger partial charge in [-0.15, -0.1) is 0 Å². The molecule has 0 radical (unpaired) electrons. The first-order chi connectivity index (χ1) is 15.5. The quantitative estimate of drug-likeness (QED) is 0.685. The van der Waals surface area contributed by atoms with Gasteiger partial charge in [-0.25, -0.2) is 0 Å². The van der Waals surface area contributed by atoms with Gasteiger partial charge in [-0.05, 0) is 43.0 Å². The molecule has 2 fully saturated rings. The summed E-state index contributed by atoms with van der Waals surface area (Å²) in [4.78, 5) is 28.2. The van der Waals surface area contributed by atoms with Crippen LogP contribution in [0.3, 0.4) is 0 Å². The van der Waals surface area contributed by atoms with Crippen LogP contribution in [0.1, 0.15) is 34.7 Å². The van der Waals surface area contributed by atoms with E-state index in [0.29, 0.717) is 48.4 Å². The molecule has 0 bridgehead atoms. The molecule has 2 aliphatic rings. The van der Waals surface area contributed by atoms with Crippen LogP contribution in [0, 0.1) is 11.8 Å². The Morgan fingerprint density at radius 2 is 1.72 bits per heavy atom. The average molecular weight is 439 g/mol. The summed E-state index contributed by atoms with van der Waals surface area (Å²) in [6, 6.07) is 12.7. The Bertz CT molecular complexity index is 988. The van der Waals surface area contributed by atoms with Crippen molar-refractivity contribution in [2.45, 2.75) is 18.8 Å². The van der Waals surface area contributed by atoms with Crippen LogP contribution in [0.15, 0.2) is 42.5 Å². The van der Waals surface area contributed by atoms with Crippen LogP contribution in [0.2, 0.25) is 0 Å². The third kappa shape index (κ3) is 4.66. The Balaban J connectivity index is 1.61. The number of nitrogens with one attached hydrogen (secondary N) is 1. The summed E-state index contributed by atoms with van der Waals surface area (Å²) in [5.41, 5.74) is 1.45. The van der Waals surface area contributed by atoms with Gasteiger partial charge >= 0.3 is 0 Å². The van der Waals surface area contributed by atoms with Crippen LogP contribution >= 0.6 is 0 Å². The van der Waals surface area contributed by atoms with Crippen molar-refractivity contribution in [1.82, 2.24) is 10.2 Å². The number of carbonyl (C=O) groups excluding carboxylic acids is 2. The summed E-state index contributed by atoms with van der Waals surface area (Å²) in [5.74, 6) is 1.90. The van der Waals surface area contributed by atoms with E-state index in [9.17, 15) is 9.59 Å². The molecular formula is C25H30N2O5. The fourth-order valence-corrected chi connectivity index (χ4v) is 4.31. The number of nitrogens with zero attached hydrogens (tertiary/aromatic N) is 1. The molecule has 0 aromatic heterocycles. The van der Waals surface area contributed by atoms with Gasteiger partial charge in [0.25, 0.3) is 5.91 Å². The Morgan fingerprint density at radius 1 is 0.969 bits per heavy atom. The van der Waals surface area contributed by atoms with E-state index in [-0.39, 0.29) is 23.7 Å². The fraction of sp³-hybridized carbons (Fsp3) is 0.440. The highest BCUT2D eigenvalue weighted by atomic mass is 16.5. The average Bonchev–Trinajstić information content (AvgIpc) is 3.57. The molecule has 7 nitrogen and oxygen atoms in total. The second-order valence-electron chi connectivity index (χ2n) is 8.45. The number of hydrogen-bond donors (Lipinski definition) is 1. The summed E-state index contributed by atoms with van der Waals surface area (Å²) in [7, 11) is 4.78. The smallest absolute Gasteiger partial charge is 0.254 e. The molecule has 170 valence electrons. The lowest BCUT2D eigenvalue weighted by molar-refractivity contribution is -0.125. The molecule has 1 N–H and O–H groups in total. The summed E-state index contributed by atoms with van der Waals surface area (Å²) in [6.45, 7) is 1.48. The van der Waals surface area contributed by atoms with E-state index >= 15 is 0 Å². The Labute approximate surface area is 188 Å². The van der Waals surface area contributed by atoms with Crippen molar-refractivity contribution in [3.05, 3.63) is 53.6 Å². The van der Waals surface area contributed by atoms with Crippen molar-refractivity contribution in [2.24, 2.45) is 11.8 Å². The van der Waals surface area contributed by atoms with E-state index in [4.69, 9.17) is 14.2 Å². The van der Waals surface area contributed by atoms with Gasteiger partial charge in [-0.1, -0.05) is 12.1 Å². The van der Waals surface area contributed by atoms with Gasteiger partial charge < -0.3 is 24.4 Å². The number of benzene rings is 2. The van der Waals surface area contributed by atoms with Crippen LogP contribution in [-0.4, -0.2) is 57.7 Å².